The smallest absolute Gasteiger partial charge is 0.0127 e. The second-order valence-electron chi connectivity index (χ2n) is 12.7. The van der Waals surface area contributed by atoms with Crippen molar-refractivity contribution in [1.29, 1.82) is 0 Å². The molecule has 0 atom stereocenters. The topological polar surface area (TPSA) is 64.1 Å². The summed E-state index contributed by atoms with van der Waals surface area (Å²) >= 11 is 0. The van der Waals surface area contributed by atoms with Gasteiger partial charge in [0.25, 0.3) is 0 Å². The maximum Gasteiger partial charge on any atom is 0.0127 e. The fourth-order valence-corrected chi connectivity index (χ4v) is 3.21. The summed E-state index contributed by atoms with van der Waals surface area (Å²) in [5.74, 6) is 0. The van der Waals surface area contributed by atoms with Gasteiger partial charge in [-0.05, 0) is 76.8 Å². The Balaban J connectivity index is -0.000000310. The molecule has 0 aromatic heterocycles. The maximum absolute atomic E-state index is 5.82. The van der Waals surface area contributed by atoms with Crippen LogP contribution in [0.4, 0.5) is 0 Å². The van der Waals surface area contributed by atoms with Crippen LogP contribution in [0.25, 0.3) is 0 Å². The zero-order chi connectivity index (χ0) is 22.0. The highest BCUT2D eigenvalue weighted by Crippen LogP contribution is 2.26. The van der Waals surface area contributed by atoms with E-state index in [0.29, 0.717) is 16.2 Å². The molecule has 0 spiro atoms. The molecule has 5 N–H and O–H groups in total. The number of hydrogen-bond acceptors (Lipinski definition) is 3. The lowest BCUT2D eigenvalue weighted by Gasteiger charge is -2.31. The van der Waals surface area contributed by atoms with E-state index in [0.717, 1.165) is 19.4 Å². The standard InChI is InChI=1S/C9H21N.C8H19N.C6H15N/c1-8(2,3)7-9(4,5)10-6;1-7(2,3)6-8(4,5)9;1-6(2,3)4-5-7/h10H,7H2,1-6H3;6,9H2,1-5H3;4-5,7H2,1-3H3. The Morgan fingerprint density at radius 1 is 0.615 bits per heavy atom. The molecule has 0 radical (unpaired) electrons. The van der Waals surface area contributed by atoms with Crippen molar-refractivity contribution < 1.29 is 0 Å². The van der Waals surface area contributed by atoms with E-state index >= 15 is 0 Å². The Hall–Kier alpha value is -0.120. The summed E-state index contributed by atoms with van der Waals surface area (Å²) in [7, 11) is 2.02. The van der Waals surface area contributed by atoms with Crippen LogP contribution in [0.15, 0.2) is 0 Å². The predicted octanol–water partition coefficient (Wildman–Crippen LogP) is 5.96. The first-order valence-electron chi connectivity index (χ1n) is 10.2. The van der Waals surface area contributed by atoms with Gasteiger partial charge in [0, 0.05) is 11.1 Å². The van der Waals surface area contributed by atoms with Crippen LogP contribution in [0, 0.1) is 16.2 Å². The zero-order valence-electron chi connectivity index (χ0n) is 21.0. The minimum absolute atomic E-state index is 0.0156. The van der Waals surface area contributed by atoms with Crippen LogP contribution in [0.2, 0.25) is 0 Å². The van der Waals surface area contributed by atoms with Gasteiger partial charge in [0.15, 0.2) is 0 Å². The van der Waals surface area contributed by atoms with E-state index in [4.69, 9.17) is 11.5 Å². The van der Waals surface area contributed by atoms with Gasteiger partial charge < -0.3 is 16.8 Å². The molecule has 0 amide bonds. The van der Waals surface area contributed by atoms with E-state index < -0.39 is 0 Å². The van der Waals surface area contributed by atoms with E-state index in [1.165, 1.54) is 6.42 Å². The third-order valence-electron chi connectivity index (χ3n) is 3.53. The lowest BCUT2D eigenvalue weighted by molar-refractivity contribution is 0.254. The van der Waals surface area contributed by atoms with Crippen molar-refractivity contribution in [2.45, 2.75) is 120 Å². The Labute approximate surface area is 167 Å². The van der Waals surface area contributed by atoms with Crippen molar-refractivity contribution in [1.82, 2.24) is 5.32 Å². The Morgan fingerprint density at radius 3 is 1.00 bits per heavy atom. The summed E-state index contributed by atoms with van der Waals surface area (Å²) < 4.78 is 0. The number of rotatable bonds is 4. The van der Waals surface area contributed by atoms with Crippen molar-refractivity contribution in [2.75, 3.05) is 13.6 Å². The molecule has 0 rings (SSSR count). The van der Waals surface area contributed by atoms with Crippen molar-refractivity contribution in [2.24, 2.45) is 27.7 Å². The lowest BCUT2D eigenvalue weighted by atomic mass is 9.82. The van der Waals surface area contributed by atoms with Gasteiger partial charge in [-0.2, -0.15) is 0 Å². The molecule has 3 heteroatoms. The van der Waals surface area contributed by atoms with E-state index in [-0.39, 0.29) is 11.1 Å². The molecular formula is C23H55N3. The number of nitrogens with one attached hydrogen (secondary N) is 1. The van der Waals surface area contributed by atoms with Gasteiger partial charge in [0.2, 0.25) is 0 Å². The average Bonchev–Trinajstić information content (AvgIpc) is 2.20. The summed E-state index contributed by atoms with van der Waals surface area (Å²) in [5.41, 5.74) is 12.6. The van der Waals surface area contributed by atoms with Crippen molar-refractivity contribution >= 4 is 0 Å². The quantitative estimate of drug-likeness (QED) is 0.569. The van der Waals surface area contributed by atoms with Crippen LogP contribution in [0.5, 0.6) is 0 Å². The first-order valence-corrected chi connectivity index (χ1v) is 10.2. The molecule has 0 unspecified atom stereocenters. The average molecular weight is 374 g/mol. The summed E-state index contributed by atoms with van der Waals surface area (Å²) in [6.07, 6.45) is 3.39. The van der Waals surface area contributed by atoms with Gasteiger partial charge in [-0.1, -0.05) is 62.3 Å². The van der Waals surface area contributed by atoms with E-state index in [1.807, 2.05) is 7.05 Å². The van der Waals surface area contributed by atoms with Gasteiger partial charge >= 0.3 is 0 Å². The third kappa shape index (κ3) is 35.1. The molecule has 3 nitrogen and oxygen atoms in total. The Bertz CT molecular complexity index is 318. The molecular weight excluding hydrogens is 318 g/mol. The molecule has 0 aliphatic rings. The fraction of sp³-hybridized carbons (Fsp3) is 1.00. The monoisotopic (exact) mass is 373 g/mol. The van der Waals surface area contributed by atoms with Crippen LogP contribution < -0.4 is 16.8 Å². The molecule has 0 aromatic rings. The van der Waals surface area contributed by atoms with Gasteiger partial charge in [-0.15, -0.1) is 0 Å². The lowest BCUT2D eigenvalue weighted by Crippen LogP contribution is -2.39. The van der Waals surface area contributed by atoms with Crippen LogP contribution >= 0.6 is 0 Å². The van der Waals surface area contributed by atoms with E-state index in [1.54, 1.807) is 0 Å². The van der Waals surface area contributed by atoms with Crippen LogP contribution in [-0.4, -0.2) is 24.7 Å². The van der Waals surface area contributed by atoms with Gasteiger partial charge in [-0.25, -0.2) is 0 Å². The second kappa shape index (κ2) is 11.7. The molecule has 162 valence electrons. The molecule has 0 bridgehead atoms. The van der Waals surface area contributed by atoms with E-state index in [2.05, 4.69) is 95.3 Å². The molecule has 0 saturated heterocycles. The zero-order valence-corrected chi connectivity index (χ0v) is 21.0. The van der Waals surface area contributed by atoms with Crippen LogP contribution in [-0.2, 0) is 0 Å². The van der Waals surface area contributed by atoms with Gasteiger partial charge in [0.05, 0.1) is 0 Å². The minimum atomic E-state index is -0.0156. The second-order valence-corrected chi connectivity index (χ2v) is 12.7. The third-order valence-corrected chi connectivity index (χ3v) is 3.53. The summed E-state index contributed by atoms with van der Waals surface area (Å²) in [4.78, 5) is 0. The molecule has 0 aliphatic heterocycles. The molecule has 0 fully saturated rings. The predicted molar refractivity (Wildman–Crippen MR) is 123 cm³/mol. The van der Waals surface area contributed by atoms with Gasteiger partial charge in [0.1, 0.15) is 0 Å². The SMILES string of the molecule is CC(C)(C)CC(C)(C)N.CC(C)(C)CCN.CNC(C)(C)CC(C)(C)C. The fourth-order valence-electron chi connectivity index (χ4n) is 3.21. The first-order chi connectivity index (χ1) is 11.0. The Morgan fingerprint density at radius 2 is 0.962 bits per heavy atom. The highest BCUT2D eigenvalue weighted by molar-refractivity contribution is 4.81. The highest BCUT2D eigenvalue weighted by atomic mass is 14.9. The first kappa shape index (κ1) is 30.6. The largest absolute Gasteiger partial charge is 0.330 e. The molecule has 0 heterocycles. The Kier molecular flexibility index (Phi) is 13.7. The normalized spacial score (nSPS) is 13.4. The minimum Gasteiger partial charge on any atom is -0.330 e. The van der Waals surface area contributed by atoms with Gasteiger partial charge in [-0.3, -0.25) is 0 Å². The number of nitrogens with two attached hydrogens (primary N) is 2. The van der Waals surface area contributed by atoms with Crippen molar-refractivity contribution in [3.05, 3.63) is 0 Å². The van der Waals surface area contributed by atoms with E-state index in [9.17, 15) is 0 Å². The molecule has 0 aromatic carbocycles. The molecule has 0 aliphatic carbocycles. The number of hydrogen-bond donors (Lipinski definition) is 3. The van der Waals surface area contributed by atoms with Crippen LogP contribution in [0.1, 0.15) is 109 Å². The van der Waals surface area contributed by atoms with Crippen LogP contribution in [0.3, 0.4) is 0 Å². The summed E-state index contributed by atoms with van der Waals surface area (Å²) in [6, 6.07) is 0. The van der Waals surface area contributed by atoms with Crippen molar-refractivity contribution in [3.63, 3.8) is 0 Å². The highest BCUT2D eigenvalue weighted by Gasteiger charge is 2.23. The molecule has 26 heavy (non-hydrogen) atoms. The summed E-state index contributed by atoms with van der Waals surface area (Å²) in [6.45, 7) is 29.4. The van der Waals surface area contributed by atoms with Crippen molar-refractivity contribution in [3.8, 4) is 0 Å². The molecule has 0 saturated carbocycles. The maximum atomic E-state index is 5.82. The summed E-state index contributed by atoms with van der Waals surface area (Å²) in [5, 5.41) is 3.30.